The van der Waals surface area contributed by atoms with E-state index < -0.39 is 6.04 Å². The van der Waals surface area contributed by atoms with Crippen LogP contribution in [0.5, 0.6) is 0 Å². The summed E-state index contributed by atoms with van der Waals surface area (Å²) in [6, 6.07) is 16.8. The number of rotatable bonds is 9. The van der Waals surface area contributed by atoms with Crippen molar-refractivity contribution in [3.8, 4) is 0 Å². The quantitative estimate of drug-likeness (QED) is 0.711. The monoisotopic (exact) mass is 386 g/mol. The van der Waals surface area contributed by atoms with E-state index in [1.807, 2.05) is 56.3 Å². The van der Waals surface area contributed by atoms with Gasteiger partial charge in [-0.25, -0.2) is 0 Å². The largest absolute Gasteiger partial charge is 0.355 e. The molecular weight excluding hydrogens is 360 g/mol. The van der Waals surface area contributed by atoms with Crippen molar-refractivity contribution < 1.29 is 9.59 Å². The minimum atomic E-state index is -0.472. The molecule has 144 valence electrons. The number of likely N-dealkylation sites (N-methyl/N-ethyl adjacent to an activating group) is 1. The molecule has 0 aromatic heterocycles. The average Bonchev–Trinajstić information content (AvgIpc) is 2.66. The summed E-state index contributed by atoms with van der Waals surface area (Å²) < 4.78 is 0. The maximum absolute atomic E-state index is 13.1. The van der Waals surface area contributed by atoms with E-state index in [0.29, 0.717) is 31.0 Å². The van der Waals surface area contributed by atoms with Gasteiger partial charge in [-0.05, 0) is 43.0 Å². The minimum Gasteiger partial charge on any atom is -0.355 e. The number of halogens is 1. The highest BCUT2D eigenvalue weighted by atomic mass is 35.5. The molecule has 1 unspecified atom stereocenters. The second-order valence-electron chi connectivity index (χ2n) is 6.45. The fourth-order valence-corrected chi connectivity index (χ4v) is 3.32. The third kappa shape index (κ3) is 6.40. The number of hydrogen-bond acceptors (Lipinski definition) is 2. The van der Waals surface area contributed by atoms with E-state index in [0.717, 1.165) is 11.1 Å². The lowest BCUT2D eigenvalue weighted by molar-refractivity contribution is -0.140. The van der Waals surface area contributed by atoms with E-state index in [-0.39, 0.29) is 18.2 Å². The van der Waals surface area contributed by atoms with Gasteiger partial charge >= 0.3 is 0 Å². The smallest absolute Gasteiger partial charge is 0.242 e. The molecule has 1 N–H and O–H groups in total. The molecule has 1 atom stereocenters. The molecule has 0 heterocycles. The van der Waals surface area contributed by atoms with E-state index >= 15 is 0 Å². The maximum atomic E-state index is 13.1. The first-order valence-corrected chi connectivity index (χ1v) is 9.78. The Labute approximate surface area is 166 Å². The molecule has 5 heteroatoms. The Hall–Kier alpha value is -2.33. The number of nitrogens with one attached hydrogen (secondary N) is 1. The molecule has 2 amide bonds. The van der Waals surface area contributed by atoms with Gasteiger partial charge in [0, 0.05) is 18.1 Å². The molecule has 2 rings (SSSR count). The van der Waals surface area contributed by atoms with Gasteiger partial charge in [0.2, 0.25) is 11.8 Å². The Morgan fingerprint density at radius 1 is 1.04 bits per heavy atom. The van der Waals surface area contributed by atoms with Crippen LogP contribution >= 0.6 is 11.6 Å². The van der Waals surface area contributed by atoms with Crippen LogP contribution in [0, 0.1) is 0 Å². The molecule has 0 aliphatic heterocycles. The van der Waals surface area contributed by atoms with Crippen LogP contribution < -0.4 is 5.32 Å². The standard InChI is InChI=1S/C22H27ClN2O2/c1-3-20(22(27)24-4-2)25(14-13-17-9-6-5-7-10-17)21(26)16-18-11-8-12-19(23)15-18/h5-12,15,20H,3-4,13-14,16H2,1-2H3,(H,24,27). The second-order valence-corrected chi connectivity index (χ2v) is 6.88. The zero-order chi connectivity index (χ0) is 19.6. The van der Waals surface area contributed by atoms with Crippen LogP contribution in [0.15, 0.2) is 54.6 Å². The van der Waals surface area contributed by atoms with Gasteiger partial charge in [0.05, 0.1) is 6.42 Å². The molecule has 27 heavy (non-hydrogen) atoms. The minimum absolute atomic E-state index is 0.0636. The summed E-state index contributed by atoms with van der Waals surface area (Å²) >= 11 is 6.04. The lowest BCUT2D eigenvalue weighted by Gasteiger charge is -2.30. The predicted octanol–water partition coefficient (Wildman–Crippen LogP) is 3.87. The zero-order valence-electron chi connectivity index (χ0n) is 16.0. The van der Waals surface area contributed by atoms with Crippen molar-refractivity contribution in [1.29, 1.82) is 0 Å². The Morgan fingerprint density at radius 3 is 2.37 bits per heavy atom. The van der Waals surface area contributed by atoms with Gasteiger partial charge in [-0.1, -0.05) is 61.0 Å². The van der Waals surface area contributed by atoms with Crippen molar-refractivity contribution >= 4 is 23.4 Å². The van der Waals surface area contributed by atoms with Gasteiger partial charge in [0.25, 0.3) is 0 Å². The molecule has 2 aromatic rings. The summed E-state index contributed by atoms with van der Waals surface area (Å²) in [4.78, 5) is 27.3. The van der Waals surface area contributed by atoms with Gasteiger partial charge in [0.15, 0.2) is 0 Å². The van der Waals surface area contributed by atoms with Crippen LogP contribution in [0.3, 0.4) is 0 Å². The number of amides is 2. The van der Waals surface area contributed by atoms with Crippen molar-refractivity contribution in [2.75, 3.05) is 13.1 Å². The molecular formula is C22H27ClN2O2. The highest BCUT2D eigenvalue weighted by Gasteiger charge is 2.27. The SMILES string of the molecule is CCNC(=O)C(CC)N(CCc1ccccc1)C(=O)Cc1cccc(Cl)c1. The normalized spacial score (nSPS) is 11.7. The number of nitrogens with zero attached hydrogens (tertiary/aromatic N) is 1. The molecule has 2 aromatic carbocycles. The van der Waals surface area contributed by atoms with Crippen molar-refractivity contribution in [1.82, 2.24) is 10.2 Å². The van der Waals surface area contributed by atoms with Crippen LogP contribution in [-0.4, -0.2) is 35.8 Å². The van der Waals surface area contributed by atoms with Crippen LogP contribution in [0.1, 0.15) is 31.4 Å². The molecule has 0 spiro atoms. The number of carbonyl (C=O) groups is 2. The number of hydrogen-bond donors (Lipinski definition) is 1. The summed E-state index contributed by atoms with van der Waals surface area (Å²) in [6.45, 7) is 4.86. The van der Waals surface area contributed by atoms with Gasteiger partial charge in [0.1, 0.15) is 6.04 Å². The summed E-state index contributed by atoms with van der Waals surface area (Å²) in [5, 5.41) is 3.45. The molecule has 0 aliphatic carbocycles. The number of carbonyl (C=O) groups excluding carboxylic acids is 2. The molecule has 0 radical (unpaired) electrons. The lowest BCUT2D eigenvalue weighted by Crippen LogP contribution is -2.50. The average molecular weight is 387 g/mol. The first-order valence-electron chi connectivity index (χ1n) is 9.40. The molecule has 0 saturated carbocycles. The first-order chi connectivity index (χ1) is 13.0. The molecule has 0 bridgehead atoms. The van der Waals surface area contributed by atoms with E-state index in [4.69, 9.17) is 11.6 Å². The van der Waals surface area contributed by atoms with E-state index in [1.54, 1.807) is 17.0 Å². The highest BCUT2D eigenvalue weighted by molar-refractivity contribution is 6.30. The van der Waals surface area contributed by atoms with Crippen molar-refractivity contribution in [3.05, 3.63) is 70.7 Å². The fraction of sp³-hybridized carbons (Fsp3) is 0.364. The number of benzene rings is 2. The van der Waals surface area contributed by atoms with Gasteiger partial charge < -0.3 is 10.2 Å². The fourth-order valence-electron chi connectivity index (χ4n) is 3.11. The molecule has 0 saturated heterocycles. The van der Waals surface area contributed by atoms with Crippen LogP contribution in [0.2, 0.25) is 5.02 Å². The van der Waals surface area contributed by atoms with Crippen molar-refractivity contribution in [2.45, 2.75) is 39.2 Å². The van der Waals surface area contributed by atoms with E-state index in [1.165, 1.54) is 0 Å². The summed E-state index contributed by atoms with van der Waals surface area (Å²) in [5.74, 6) is -0.168. The predicted molar refractivity (Wildman–Crippen MR) is 110 cm³/mol. The first kappa shape index (κ1) is 21.0. The van der Waals surface area contributed by atoms with E-state index in [9.17, 15) is 9.59 Å². The Bertz CT molecular complexity index is 749. The van der Waals surface area contributed by atoms with Crippen LogP contribution in [0.4, 0.5) is 0 Å². The van der Waals surface area contributed by atoms with E-state index in [2.05, 4.69) is 5.32 Å². The molecule has 4 nitrogen and oxygen atoms in total. The Kier molecular flexibility index (Phi) is 8.34. The Balaban J connectivity index is 2.18. The maximum Gasteiger partial charge on any atom is 0.242 e. The summed E-state index contributed by atoms with van der Waals surface area (Å²) in [7, 11) is 0. The molecule has 0 aliphatic rings. The highest BCUT2D eigenvalue weighted by Crippen LogP contribution is 2.15. The topological polar surface area (TPSA) is 49.4 Å². The van der Waals surface area contributed by atoms with Gasteiger partial charge in [-0.3, -0.25) is 9.59 Å². The lowest BCUT2D eigenvalue weighted by atomic mass is 10.1. The summed E-state index contributed by atoms with van der Waals surface area (Å²) in [6.07, 6.45) is 1.51. The third-order valence-corrected chi connectivity index (χ3v) is 4.70. The summed E-state index contributed by atoms with van der Waals surface area (Å²) in [5.41, 5.74) is 1.99. The molecule has 0 fully saturated rings. The van der Waals surface area contributed by atoms with Crippen LogP contribution in [0.25, 0.3) is 0 Å². The van der Waals surface area contributed by atoms with Gasteiger partial charge in [-0.15, -0.1) is 0 Å². The van der Waals surface area contributed by atoms with Crippen molar-refractivity contribution in [2.24, 2.45) is 0 Å². The van der Waals surface area contributed by atoms with Gasteiger partial charge in [-0.2, -0.15) is 0 Å². The third-order valence-electron chi connectivity index (χ3n) is 4.47. The second kappa shape index (κ2) is 10.7. The van der Waals surface area contributed by atoms with Crippen LogP contribution in [-0.2, 0) is 22.4 Å². The Morgan fingerprint density at radius 2 is 1.74 bits per heavy atom. The van der Waals surface area contributed by atoms with Crippen molar-refractivity contribution in [3.63, 3.8) is 0 Å². The zero-order valence-corrected chi connectivity index (χ0v) is 16.7.